The second-order valence-electron chi connectivity index (χ2n) is 3.64. The molecule has 0 aliphatic rings. The molecule has 0 radical (unpaired) electrons. The summed E-state index contributed by atoms with van der Waals surface area (Å²) in [6, 6.07) is 7.82. The van der Waals surface area contributed by atoms with Gasteiger partial charge in [-0.1, -0.05) is 23.7 Å². The fourth-order valence-electron chi connectivity index (χ4n) is 1.49. The van der Waals surface area contributed by atoms with E-state index < -0.39 is 0 Å². The molecule has 1 heterocycles. The number of para-hydroxylation sites is 1. The number of hydrogen-bond donors (Lipinski definition) is 1. The van der Waals surface area contributed by atoms with Crippen molar-refractivity contribution in [1.82, 2.24) is 4.37 Å². The highest BCUT2D eigenvalue weighted by atomic mass is 35.5. The quantitative estimate of drug-likeness (QED) is 0.890. The minimum absolute atomic E-state index is 0.578. The summed E-state index contributed by atoms with van der Waals surface area (Å²) in [6.45, 7) is 3.79. The highest BCUT2D eigenvalue weighted by molar-refractivity contribution is 7.10. The van der Waals surface area contributed by atoms with Gasteiger partial charge in [0, 0.05) is 0 Å². The van der Waals surface area contributed by atoms with Gasteiger partial charge >= 0.3 is 0 Å². The van der Waals surface area contributed by atoms with E-state index in [-0.39, 0.29) is 0 Å². The largest absolute Gasteiger partial charge is 0.343 e. The van der Waals surface area contributed by atoms with Crippen LogP contribution in [0.4, 0.5) is 10.7 Å². The van der Waals surface area contributed by atoms with Gasteiger partial charge < -0.3 is 5.32 Å². The van der Waals surface area contributed by atoms with Crippen molar-refractivity contribution in [3.63, 3.8) is 0 Å². The first kappa shape index (κ1) is 11.9. The molecule has 5 heteroatoms. The van der Waals surface area contributed by atoms with Gasteiger partial charge in [0.1, 0.15) is 16.6 Å². The molecule has 1 N–H and O–H groups in total. The molecular formula is C12H10ClN3S. The van der Waals surface area contributed by atoms with Crippen molar-refractivity contribution in [2.24, 2.45) is 0 Å². The van der Waals surface area contributed by atoms with Crippen LogP contribution in [0.1, 0.15) is 16.8 Å². The summed E-state index contributed by atoms with van der Waals surface area (Å²) in [5, 5.41) is 13.6. The number of nitrogens with zero attached hydrogens (tertiary/aromatic N) is 2. The Morgan fingerprint density at radius 2 is 2.18 bits per heavy atom. The number of halogens is 1. The number of aromatic nitrogens is 1. The Bertz CT molecular complexity index is 578. The van der Waals surface area contributed by atoms with Gasteiger partial charge in [-0.25, -0.2) is 0 Å². The summed E-state index contributed by atoms with van der Waals surface area (Å²) in [7, 11) is 0. The van der Waals surface area contributed by atoms with Crippen molar-refractivity contribution < 1.29 is 0 Å². The van der Waals surface area contributed by atoms with E-state index in [9.17, 15) is 0 Å². The van der Waals surface area contributed by atoms with Crippen LogP contribution in [0.5, 0.6) is 0 Å². The van der Waals surface area contributed by atoms with Gasteiger partial charge in [0.15, 0.2) is 0 Å². The molecule has 86 valence electrons. The predicted octanol–water partition coefficient (Wildman–Crippen LogP) is 4.03. The number of nitriles is 1. The van der Waals surface area contributed by atoms with Gasteiger partial charge in [-0.2, -0.15) is 9.64 Å². The minimum Gasteiger partial charge on any atom is -0.343 e. The van der Waals surface area contributed by atoms with Crippen molar-refractivity contribution in [2.75, 3.05) is 5.32 Å². The van der Waals surface area contributed by atoms with Crippen LogP contribution in [0.2, 0.25) is 5.02 Å². The van der Waals surface area contributed by atoms with Crippen molar-refractivity contribution in [2.45, 2.75) is 13.8 Å². The normalized spacial score (nSPS) is 10.0. The number of anilines is 2. The topological polar surface area (TPSA) is 48.7 Å². The van der Waals surface area contributed by atoms with E-state index >= 15 is 0 Å². The average molecular weight is 264 g/mol. The van der Waals surface area contributed by atoms with Crippen LogP contribution in [-0.2, 0) is 0 Å². The lowest BCUT2D eigenvalue weighted by Gasteiger charge is -2.09. The number of nitrogens with one attached hydrogen (secondary N) is 1. The van der Waals surface area contributed by atoms with Gasteiger partial charge in [0.25, 0.3) is 0 Å². The zero-order valence-electron chi connectivity index (χ0n) is 9.41. The Morgan fingerprint density at radius 1 is 1.41 bits per heavy atom. The highest BCUT2D eigenvalue weighted by Crippen LogP contribution is 2.32. The third kappa shape index (κ3) is 2.26. The molecule has 0 aliphatic heterocycles. The lowest BCUT2D eigenvalue weighted by molar-refractivity contribution is 1.31. The van der Waals surface area contributed by atoms with Gasteiger partial charge in [-0.15, -0.1) is 0 Å². The first-order valence-electron chi connectivity index (χ1n) is 5.02. The molecule has 0 atom stereocenters. The standard InChI is InChI=1S/C12H10ClN3S/c1-7-4-3-5-10(13)11(7)15-12-9(6-14)8(2)16-17-12/h3-5,15H,1-2H3. The van der Waals surface area contributed by atoms with Crippen LogP contribution in [0.15, 0.2) is 18.2 Å². The van der Waals surface area contributed by atoms with Crippen molar-refractivity contribution in [1.29, 1.82) is 5.26 Å². The van der Waals surface area contributed by atoms with Gasteiger partial charge in [0.05, 0.1) is 16.4 Å². The number of rotatable bonds is 2. The Labute approximate surface area is 109 Å². The molecule has 0 amide bonds. The summed E-state index contributed by atoms with van der Waals surface area (Å²) >= 11 is 7.39. The Hall–Kier alpha value is -1.57. The minimum atomic E-state index is 0.578. The van der Waals surface area contributed by atoms with E-state index in [0.717, 1.165) is 21.9 Å². The summed E-state index contributed by atoms with van der Waals surface area (Å²) in [5.41, 5.74) is 3.18. The maximum absolute atomic E-state index is 9.05. The summed E-state index contributed by atoms with van der Waals surface area (Å²) in [5.74, 6) is 0. The zero-order valence-corrected chi connectivity index (χ0v) is 11.0. The maximum atomic E-state index is 9.05. The van der Waals surface area contributed by atoms with Crippen LogP contribution < -0.4 is 5.32 Å². The number of aryl methyl sites for hydroxylation is 2. The van der Waals surface area contributed by atoms with Crippen molar-refractivity contribution in [3.8, 4) is 6.07 Å². The zero-order chi connectivity index (χ0) is 12.4. The monoisotopic (exact) mass is 263 g/mol. The molecule has 0 saturated heterocycles. The highest BCUT2D eigenvalue weighted by Gasteiger charge is 2.12. The third-order valence-electron chi connectivity index (χ3n) is 2.44. The number of hydrogen-bond acceptors (Lipinski definition) is 4. The molecule has 0 unspecified atom stereocenters. The lowest BCUT2D eigenvalue weighted by atomic mass is 10.2. The smallest absolute Gasteiger partial charge is 0.132 e. The Morgan fingerprint density at radius 3 is 2.82 bits per heavy atom. The van der Waals surface area contributed by atoms with Crippen LogP contribution in [0, 0.1) is 25.2 Å². The second kappa shape index (κ2) is 4.74. The lowest BCUT2D eigenvalue weighted by Crippen LogP contribution is -1.94. The summed E-state index contributed by atoms with van der Waals surface area (Å²) in [4.78, 5) is 0. The predicted molar refractivity (Wildman–Crippen MR) is 71.0 cm³/mol. The first-order chi connectivity index (χ1) is 8.13. The molecule has 0 aliphatic carbocycles. The first-order valence-corrected chi connectivity index (χ1v) is 6.17. The Kier molecular flexibility index (Phi) is 3.32. The molecule has 17 heavy (non-hydrogen) atoms. The van der Waals surface area contributed by atoms with E-state index in [1.54, 1.807) is 0 Å². The molecule has 0 spiro atoms. The summed E-state index contributed by atoms with van der Waals surface area (Å²) in [6.07, 6.45) is 0. The van der Waals surface area contributed by atoms with Crippen LogP contribution >= 0.6 is 23.1 Å². The molecule has 0 saturated carbocycles. The van der Waals surface area contributed by atoms with Crippen LogP contribution in [0.3, 0.4) is 0 Å². The fraction of sp³-hybridized carbons (Fsp3) is 0.167. The number of benzene rings is 1. The molecule has 2 aromatic rings. The second-order valence-corrected chi connectivity index (χ2v) is 4.82. The SMILES string of the molecule is Cc1cccc(Cl)c1Nc1snc(C)c1C#N. The van der Waals surface area contributed by atoms with Crippen LogP contribution in [-0.4, -0.2) is 4.37 Å². The van der Waals surface area contributed by atoms with E-state index in [1.807, 2.05) is 32.0 Å². The van der Waals surface area contributed by atoms with Crippen molar-refractivity contribution >= 4 is 33.8 Å². The molecule has 0 bridgehead atoms. The average Bonchev–Trinajstić information content (AvgIpc) is 2.64. The third-order valence-corrected chi connectivity index (χ3v) is 3.60. The summed E-state index contributed by atoms with van der Waals surface area (Å²) < 4.78 is 4.16. The van der Waals surface area contributed by atoms with E-state index in [2.05, 4.69) is 15.8 Å². The molecule has 1 aromatic carbocycles. The van der Waals surface area contributed by atoms with E-state index in [4.69, 9.17) is 16.9 Å². The maximum Gasteiger partial charge on any atom is 0.132 e. The van der Waals surface area contributed by atoms with E-state index in [0.29, 0.717) is 10.6 Å². The molecule has 2 rings (SSSR count). The van der Waals surface area contributed by atoms with Gasteiger partial charge in [-0.05, 0) is 37.0 Å². The Balaban J connectivity index is 2.42. The van der Waals surface area contributed by atoms with Gasteiger partial charge in [0.2, 0.25) is 0 Å². The van der Waals surface area contributed by atoms with Gasteiger partial charge in [-0.3, -0.25) is 0 Å². The molecular weight excluding hydrogens is 254 g/mol. The van der Waals surface area contributed by atoms with E-state index in [1.165, 1.54) is 11.5 Å². The fourth-order valence-corrected chi connectivity index (χ4v) is 2.51. The molecule has 1 aromatic heterocycles. The van der Waals surface area contributed by atoms with Crippen LogP contribution in [0.25, 0.3) is 0 Å². The molecule has 3 nitrogen and oxygen atoms in total. The van der Waals surface area contributed by atoms with Crippen molar-refractivity contribution in [3.05, 3.63) is 40.0 Å². The molecule has 0 fully saturated rings.